The number of carbonyl (C=O) groups excluding carboxylic acids is 3. The van der Waals surface area contributed by atoms with E-state index in [9.17, 15) is 36.4 Å². The number of nitrogens with zero attached hydrogens (tertiary/aromatic N) is 5. The molecule has 5 rings (SSSR count). The zero-order valence-electron chi connectivity index (χ0n) is 19.4. The van der Waals surface area contributed by atoms with Crippen LogP contribution < -0.4 is 4.74 Å². The number of amides is 3. The predicted molar refractivity (Wildman–Crippen MR) is 118 cm³/mol. The quantitative estimate of drug-likeness (QED) is 0.273. The minimum absolute atomic E-state index is 0.0257. The normalized spacial score (nSPS) is 17.8. The van der Waals surface area contributed by atoms with Crippen molar-refractivity contribution in [1.82, 2.24) is 25.0 Å². The van der Waals surface area contributed by atoms with Crippen LogP contribution in [-0.2, 0) is 29.0 Å². The van der Waals surface area contributed by atoms with Gasteiger partial charge in [-0.2, -0.15) is 0 Å². The standard InChI is InChI=1S/C24H18F5N5O4/c25-14-9-13(19-12-32(22(36)18(19)10-14)20-7-8-21(35)34(29)23(20)37)1-2-15-11-33(31-30-15)16-3-5-17(6-4-16)38-24(26,27)28/h3-6,9-11,20H,1-2,7-8,12H2. The van der Waals surface area contributed by atoms with Crippen LogP contribution in [0.25, 0.3) is 5.69 Å². The van der Waals surface area contributed by atoms with Crippen LogP contribution >= 0.6 is 0 Å². The number of fused-ring (bicyclic) bond motifs is 1. The summed E-state index contributed by atoms with van der Waals surface area (Å²) in [5.74, 6) is -3.76. The zero-order valence-corrected chi connectivity index (χ0v) is 19.4. The highest BCUT2D eigenvalue weighted by Crippen LogP contribution is 2.32. The molecule has 14 heteroatoms. The maximum Gasteiger partial charge on any atom is 0.573 e. The number of halogens is 5. The van der Waals surface area contributed by atoms with Crippen LogP contribution in [0.3, 0.4) is 0 Å². The summed E-state index contributed by atoms with van der Waals surface area (Å²) in [6, 6.07) is 6.19. The molecule has 198 valence electrons. The minimum Gasteiger partial charge on any atom is -0.406 e. The lowest BCUT2D eigenvalue weighted by molar-refractivity contribution is -0.274. The second kappa shape index (κ2) is 9.50. The van der Waals surface area contributed by atoms with Gasteiger partial charge in [0.15, 0.2) is 0 Å². The molecule has 3 amide bonds. The smallest absolute Gasteiger partial charge is 0.406 e. The molecular weight excluding hydrogens is 517 g/mol. The third kappa shape index (κ3) is 4.93. The molecule has 3 aromatic rings. The Morgan fingerprint density at radius 1 is 1.05 bits per heavy atom. The number of piperidine rings is 1. The average Bonchev–Trinajstić information content (AvgIpc) is 3.46. The van der Waals surface area contributed by atoms with E-state index >= 15 is 0 Å². The number of rotatable bonds is 6. The number of alkyl halides is 3. The highest BCUT2D eigenvalue weighted by molar-refractivity contribution is 6.05. The Morgan fingerprint density at radius 3 is 2.50 bits per heavy atom. The van der Waals surface area contributed by atoms with Crippen molar-refractivity contribution >= 4 is 17.7 Å². The highest BCUT2D eigenvalue weighted by Gasteiger charge is 2.44. The maximum atomic E-state index is 14.4. The molecule has 0 N–H and O–H groups in total. The van der Waals surface area contributed by atoms with Gasteiger partial charge in [-0.05, 0) is 66.8 Å². The van der Waals surface area contributed by atoms with Crippen LogP contribution in [-0.4, -0.2) is 55.1 Å². The first-order valence-electron chi connectivity index (χ1n) is 11.4. The van der Waals surface area contributed by atoms with Crippen LogP contribution in [0.4, 0.5) is 22.0 Å². The predicted octanol–water partition coefficient (Wildman–Crippen LogP) is 3.45. The highest BCUT2D eigenvalue weighted by atomic mass is 19.4. The number of ether oxygens (including phenoxy) is 1. The van der Waals surface area contributed by atoms with E-state index in [1.54, 1.807) is 6.20 Å². The molecule has 2 aromatic carbocycles. The third-order valence-corrected chi connectivity index (χ3v) is 6.36. The monoisotopic (exact) mass is 535 g/mol. The summed E-state index contributed by atoms with van der Waals surface area (Å²) in [7, 11) is 0. The molecule has 0 bridgehead atoms. The number of hydrogen-bond donors (Lipinski definition) is 0. The third-order valence-electron chi connectivity index (χ3n) is 6.36. The fourth-order valence-electron chi connectivity index (χ4n) is 4.57. The van der Waals surface area contributed by atoms with Gasteiger partial charge in [0.25, 0.3) is 17.7 Å². The van der Waals surface area contributed by atoms with Gasteiger partial charge in [-0.1, -0.05) is 9.69 Å². The first kappa shape index (κ1) is 25.3. The van der Waals surface area contributed by atoms with Gasteiger partial charge in [-0.15, -0.1) is 23.4 Å². The van der Waals surface area contributed by atoms with E-state index in [-0.39, 0.29) is 43.5 Å². The molecule has 1 fully saturated rings. The number of aryl methyl sites for hydroxylation is 2. The Morgan fingerprint density at radius 2 is 1.79 bits per heavy atom. The molecule has 3 heterocycles. The van der Waals surface area contributed by atoms with Crippen molar-refractivity contribution in [3.05, 3.63) is 70.8 Å². The van der Waals surface area contributed by atoms with Crippen molar-refractivity contribution in [2.24, 2.45) is 0 Å². The van der Waals surface area contributed by atoms with Crippen LogP contribution in [0.2, 0.25) is 0 Å². The summed E-state index contributed by atoms with van der Waals surface area (Å²) >= 11 is 0. The molecule has 0 saturated carbocycles. The fraction of sp³-hybridized carbons (Fsp3) is 0.292. The van der Waals surface area contributed by atoms with Crippen LogP contribution in [0.1, 0.15) is 40.0 Å². The molecule has 2 aliphatic rings. The SMILES string of the molecule is O=C1CCC(N2Cc3c(CCc4cn(-c5ccc(OC(F)(F)F)cc5)nn4)cc(F)cc3C2=O)C(=O)N1F. The van der Waals surface area contributed by atoms with E-state index in [4.69, 9.17) is 0 Å². The maximum absolute atomic E-state index is 14.4. The van der Waals surface area contributed by atoms with Crippen molar-refractivity contribution < 1.29 is 41.2 Å². The molecule has 0 radical (unpaired) electrons. The lowest BCUT2D eigenvalue weighted by Crippen LogP contribution is -2.51. The molecule has 2 aliphatic heterocycles. The van der Waals surface area contributed by atoms with Gasteiger partial charge in [-0.3, -0.25) is 14.4 Å². The van der Waals surface area contributed by atoms with E-state index < -0.39 is 41.1 Å². The van der Waals surface area contributed by atoms with Crippen LogP contribution in [0.5, 0.6) is 5.75 Å². The van der Waals surface area contributed by atoms with Gasteiger partial charge in [-0.25, -0.2) is 9.07 Å². The first-order valence-corrected chi connectivity index (χ1v) is 11.4. The summed E-state index contributed by atoms with van der Waals surface area (Å²) in [5, 5.41) is 7.52. The molecule has 1 unspecified atom stereocenters. The molecule has 1 saturated heterocycles. The summed E-state index contributed by atoms with van der Waals surface area (Å²) in [6.07, 6.45) is -2.97. The van der Waals surface area contributed by atoms with Crippen molar-refractivity contribution in [3.8, 4) is 11.4 Å². The van der Waals surface area contributed by atoms with Gasteiger partial charge in [0.1, 0.15) is 17.6 Å². The van der Waals surface area contributed by atoms with E-state index in [0.717, 1.165) is 23.1 Å². The van der Waals surface area contributed by atoms with Gasteiger partial charge < -0.3 is 9.64 Å². The van der Waals surface area contributed by atoms with E-state index in [0.29, 0.717) is 22.5 Å². The largest absolute Gasteiger partial charge is 0.573 e. The lowest BCUT2D eigenvalue weighted by atomic mass is 9.98. The summed E-state index contributed by atoms with van der Waals surface area (Å²) in [5.41, 5.74) is 1.99. The molecule has 9 nitrogen and oxygen atoms in total. The number of aromatic nitrogens is 3. The molecule has 0 aliphatic carbocycles. The molecular formula is C24H18F5N5O4. The minimum atomic E-state index is -4.81. The summed E-state index contributed by atoms with van der Waals surface area (Å²) < 4.78 is 70.5. The number of imide groups is 1. The van der Waals surface area contributed by atoms with Crippen molar-refractivity contribution in [2.75, 3.05) is 0 Å². The van der Waals surface area contributed by atoms with E-state index in [1.807, 2.05) is 0 Å². The topological polar surface area (TPSA) is 97.6 Å². The average molecular weight is 535 g/mol. The van der Waals surface area contributed by atoms with E-state index in [1.165, 1.54) is 22.9 Å². The summed E-state index contributed by atoms with van der Waals surface area (Å²) in [4.78, 5) is 37.8. The van der Waals surface area contributed by atoms with Gasteiger partial charge >= 0.3 is 6.36 Å². The Bertz CT molecular complexity index is 1420. The Balaban J connectivity index is 1.29. The first-order chi connectivity index (χ1) is 18.0. The van der Waals surface area contributed by atoms with Crippen molar-refractivity contribution in [2.45, 2.75) is 44.6 Å². The second-order valence-corrected chi connectivity index (χ2v) is 8.79. The van der Waals surface area contributed by atoms with Crippen LogP contribution in [0.15, 0.2) is 42.6 Å². The number of benzene rings is 2. The Hall–Kier alpha value is -4.36. The van der Waals surface area contributed by atoms with E-state index in [2.05, 4.69) is 15.0 Å². The van der Waals surface area contributed by atoms with Gasteiger partial charge in [0.2, 0.25) is 0 Å². The number of carbonyl (C=O) groups is 3. The Kier molecular flexibility index (Phi) is 6.33. The number of hydrogen-bond acceptors (Lipinski definition) is 6. The molecule has 1 atom stereocenters. The zero-order chi connectivity index (χ0) is 27.2. The van der Waals surface area contributed by atoms with Crippen LogP contribution in [0, 0.1) is 5.82 Å². The van der Waals surface area contributed by atoms with Crippen molar-refractivity contribution in [1.29, 1.82) is 0 Å². The fourth-order valence-corrected chi connectivity index (χ4v) is 4.57. The lowest BCUT2D eigenvalue weighted by Gasteiger charge is -2.31. The van der Waals surface area contributed by atoms with Crippen molar-refractivity contribution in [3.63, 3.8) is 0 Å². The van der Waals surface area contributed by atoms with Gasteiger partial charge in [0.05, 0.1) is 17.6 Å². The summed E-state index contributed by atoms with van der Waals surface area (Å²) in [6.45, 7) is -0.0404. The Labute approximate surface area is 211 Å². The molecule has 1 aromatic heterocycles. The second-order valence-electron chi connectivity index (χ2n) is 8.79. The molecule has 38 heavy (non-hydrogen) atoms. The van der Waals surface area contributed by atoms with Gasteiger partial charge in [0, 0.05) is 18.5 Å². The molecule has 0 spiro atoms.